The summed E-state index contributed by atoms with van der Waals surface area (Å²) in [6.45, 7) is 0.450. The minimum Gasteiger partial charge on any atom is -0.493 e. The third-order valence-electron chi connectivity index (χ3n) is 4.34. The molecule has 0 amide bonds. The van der Waals surface area contributed by atoms with Crippen LogP contribution in [0, 0.1) is 10.1 Å². The highest BCUT2D eigenvalue weighted by molar-refractivity contribution is 5.96. The van der Waals surface area contributed by atoms with Crippen molar-refractivity contribution >= 4 is 22.4 Å². The molecule has 8 nitrogen and oxygen atoms in total. The lowest BCUT2D eigenvalue weighted by molar-refractivity contribution is -0.384. The van der Waals surface area contributed by atoms with Gasteiger partial charge in [-0.25, -0.2) is 4.98 Å². The minimum absolute atomic E-state index is 0.140. The Kier molecular flexibility index (Phi) is 3.72. The van der Waals surface area contributed by atoms with Crippen molar-refractivity contribution in [3.63, 3.8) is 0 Å². The van der Waals surface area contributed by atoms with E-state index in [0.29, 0.717) is 12.2 Å². The van der Waals surface area contributed by atoms with E-state index in [2.05, 4.69) is 4.98 Å². The number of nitrogens with zero attached hydrogens (tertiary/aromatic N) is 3. The van der Waals surface area contributed by atoms with Gasteiger partial charge in [0.05, 0.1) is 35.3 Å². The van der Waals surface area contributed by atoms with Gasteiger partial charge in [0.15, 0.2) is 5.78 Å². The molecule has 0 radical (unpaired) electrons. The van der Waals surface area contributed by atoms with Gasteiger partial charge in [-0.3, -0.25) is 24.3 Å². The standard InChI is InChI=1S/C18H13N3O5/c22-16(11-1-4-17-12(7-11)5-6-26-17)9-20-10-19-15-8-13(21(24)25)2-3-14(15)18(20)23/h1-4,7-8,10H,5-6,9H2. The minimum atomic E-state index is -0.548. The highest BCUT2D eigenvalue weighted by Crippen LogP contribution is 2.26. The number of hydrogen-bond donors (Lipinski definition) is 0. The summed E-state index contributed by atoms with van der Waals surface area (Å²) in [5.41, 5.74) is 1.15. The van der Waals surface area contributed by atoms with Crippen molar-refractivity contribution in [1.82, 2.24) is 9.55 Å². The van der Waals surface area contributed by atoms with E-state index in [1.165, 1.54) is 29.1 Å². The second-order valence-corrected chi connectivity index (χ2v) is 5.98. The molecule has 0 saturated carbocycles. The average Bonchev–Trinajstić information content (AvgIpc) is 3.11. The molecule has 0 aliphatic carbocycles. The van der Waals surface area contributed by atoms with Gasteiger partial charge in [0.2, 0.25) is 0 Å². The summed E-state index contributed by atoms with van der Waals surface area (Å²) in [6, 6.07) is 9.07. The number of Topliss-reactive ketones (excluding diaryl/α,β-unsaturated/α-hetero) is 1. The van der Waals surface area contributed by atoms with Gasteiger partial charge in [-0.15, -0.1) is 0 Å². The van der Waals surface area contributed by atoms with Crippen LogP contribution in [0.2, 0.25) is 0 Å². The smallest absolute Gasteiger partial charge is 0.271 e. The van der Waals surface area contributed by atoms with Crippen molar-refractivity contribution in [2.45, 2.75) is 13.0 Å². The molecule has 0 atom stereocenters. The van der Waals surface area contributed by atoms with E-state index in [4.69, 9.17) is 4.74 Å². The molecule has 8 heteroatoms. The Morgan fingerprint density at radius 1 is 1.27 bits per heavy atom. The molecule has 2 heterocycles. The summed E-state index contributed by atoms with van der Waals surface area (Å²) in [4.78, 5) is 39.4. The molecule has 4 rings (SSSR count). The summed E-state index contributed by atoms with van der Waals surface area (Å²) in [5, 5.41) is 11.1. The second-order valence-electron chi connectivity index (χ2n) is 5.98. The Morgan fingerprint density at radius 3 is 2.92 bits per heavy atom. The van der Waals surface area contributed by atoms with E-state index in [-0.39, 0.29) is 28.9 Å². The van der Waals surface area contributed by atoms with E-state index in [0.717, 1.165) is 17.7 Å². The molecule has 1 aliphatic heterocycles. The number of non-ortho nitro benzene ring substituents is 1. The number of ketones is 1. The van der Waals surface area contributed by atoms with Gasteiger partial charge in [0.1, 0.15) is 5.75 Å². The molecule has 0 spiro atoms. The Bertz CT molecular complexity index is 1120. The number of ether oxygens (including phenoxy) is 1. The van der Waals surface area contributed by atoms with E-state index in [1.807, 2.05) is 0 Å². The predicted molar refractivity (Wildman–Crippen MR) is 92.6 cm³/mol. The van der Waals surface area contributed by atoms with Gasteiger partial charge >= 0.3 is 0 Å². The zero-order valence-electron chi connectivity index (χ0n) is 13.5. The van der Waals surface area contributed by atoms with Crippen LogP contribution in [0.3, 0.4) is 0 Å². The topological polar surface area (TPSA) is 104 Å². The predicted octanol–water partition coefficient (Wildman–Crippen LogP) is 2.12. The molecular formula is C18H13N3O5. The van der Waals surface area contributed by atoms with Crippen LogP contribution < -0.4 is 10.3 Å². The molecular weight excluding hydrogens is 338 g/mol. The van der Waals surface area contributed by atoms with E-state index >= 15 is 0 Å². The van der Waals surface area contributed by atoms with Crippen molar-refractivity contribution in [3.8, 4) is 5.75 Å². The van der Waals surface area contributed by atoms with Gasteiger partial charge in [0.25, 0.3) is 11.2 Å². The van der Waals surface area contributed by atoms with Gasteiger partial charge < -0.3 is 4.74 Å². The first kappa shape index (κ1) is 15.9. The zero-order valence-corrected chi connectivity index (χ0v) is 13.5. The Balaban J connectivity index is 1.65. The lowest BCUT2D eigenvalue weighted by Gasteiger charge is -2.07. The van der Waals surface area contributed by atoms with Crippen LogP contribution >= 0.6 is 0 Å². The maximum Gasteiger partial charge on any atom is 0.271 e. The first-order chi connectivity index (χ1) is 12.5. The van der Waals surface area contributed by atoms with Crippen molar-refractivity contribution in [1.29, 1.82) is 0 Å². The first-order valence-corrected chi connectivity index (χ1v) is 7.95. The number of aromatic nitrogens is 2. The number of fused-ring (bicyclic) bond motifs is 2. The molecule has 130 valence electrons. The molecule has 26 heavy (non-hydrogen) atoms. The number of rotatable bonds is 4. The molecule has 3 aromatic rings. The van der Waals surface area contributed by atoms with E-state index < -0.39 is 10.5 Å². The molecule has 2 aromatic carbocycles. The average molecular weight is 351 g/mol. The fraction of sp³-hybridized carbons (Fsp3) is 0.167. The summed E-state index contributed by atoms with van der Waals surface area (Å²) in [5.74, 6) is 0.567. The van der Waals surface area contributed by atoms with Gasteiger partial charge in [-0.1, -0.05) is 0 Å². The van der Waals surface area contributed by atoms with Crippen molar-refractivity contribution in [3.05, 3.63) is 74.3 Å². The normalized spacial score (nSPS) is 12.6. The van der Waals surface area contributed by atoms with Crippen LogP contribution in [-0.4, -0.2) is 26.9 Å². The maximum absolute atomic E-state index is 12.5. The highest BCUT2D eigenvalue weighted by atomic mass is 16.6. The quantitative estimate of drug-likeness (QED) is 0.405. The number of nitro benzene ring substituents is 1. The highest BCUT2D eigenvalue weighted by Gasteiger charge is 2.16. The molecule has 0 bridgehead atoms. The monoisotopic (exact) mass is 351 g/mol. The molecule has 1 aromatic heterocycles. The van der Waals surface area contributed by atoms with Gasteiger partial charge in [0, 0.05) is 24.1 Å². The Hall–Kier alpha value is -3.55. The van der Waals surface area contributed by atoms with Crippen LogP contribution in [0.15, 0.2) is 47.5 Å². The SMILES string of the molecule is O=C(Cn1cnc2cc([N+](=O)[O-])ccc2c1=O)c1ccc2c(c1)CCO2. The fourth-order valence-corrected chi connectivity index (χ4v) is 2.98. The van der Waals surface area contributed by atoms with Crippen molar-refractivity contribution in [2.75, 3.05) is 6.61 Å². The Morgan fingerprint density at radius 2 is 2.12 bits per heavy atom. The summed E-state index contributed by atoms with van der Waals surface area (Å²) >= 11 is 0. The Labute approximate surface area is 146 Å². The van der Waals surface area contributed by atoms with Crippen LogP contribution in [0.5, 0.6) is 5.75 Å². The zero-order chi connectivity index (χ0) is 18.3. The van der Waals surface area contributed by atoms with Crippen LogP contribution in [0.1, 0.15) is 15.9 Å². The summed E-state index contributed by atoms with van der Waals surface area (Å²) in [6.07, 6.45) is 2.00. The number of hydrogen-bond acceptors (Lipinski definition) is 6. The number of carbonyl (C=O) groups is 1. The number of nitro groups is 1. The molecule has 0 fully saturated rings. The van der Waals surface area contributed by atoms with Crippen molar-refractivity contribution < 1.29 is 14.5 Å². The lowest BCUT2D eigenvalue weighted by Crippen LogP contribution is -2.24. The maximum atomic E-state index is 12.5. The number of benzene rings is 2. The van der Waals surface area contributed by atoms with Gasteiger partial charge in [-0.05, 0) is 29.8 Å². The van der Waals surface area contributed by atoms with Crippen LogP contribution in [0.25, 0.3) is 10.9 Å². The number of carbonyl (C=O) groups excluding carboxylic acids is 1. The summed E-state index contributed by atoms with van der Waals surface area (Å²) < 4.78 is 6.63. The largest absolute Gasteiger partial charge is 0.493 e. The third-order valence-corrected chi connectivity index (χ3v) is 4.34. The molecule has 0 saturated heterocycles. The lowest BCUT2D eigenvalue weighted by atomic mass is 10.1. The van der Waals surface area contributed by atoms with Crippen molar-refractivity contribution in [2.24, 2.45) is 0 Å². The molecule has 1 aliphatic rings. The van der Waals surface area contributed by atoms with Crippen LogP contribution in [-0.2, 0) is 13.0 Å². The first-order valence-electron chi connectivity index (χ1n) is 7.95. The van der Waals surface area contributed by atoms with Crippen LogP contribution in [0.4, 0.5) is 5.69 Å². The second kappa shape index (κ2) is 6.07. The fourth-order valence-electron chi connectivity index (χ4n) is 2.98. The van der Waals surface area contributed by atoms with Gasteiger partial charge in [-0.2, -0.15) is 0 Å². The summed E-state index contributed by atoms with van der Waals surface area (Å²) in [7, 11) is 0. The third kappa shape index (κ3) is 2.71. The van der Waals surface area contributed by atoms with E-state index in [9.17, 15) is 19.7 Å². The van der Waals surface area contributed by atoms with E-state index in [1.54, 1.807) is 18.2 Å². The molecule has 0 N–H and O–H groups in total. The molecule has 0 unspecified atom stereocenters.